The summed E-state index contributed by atoms with van der Waals surface area (Å²) in [6, 6.07) is 16.0. The number of nitrogens with zero attached hydrogens (tertiary/aromatic N) is 1. The summed E-state index contributed by atoms with van der Waals surface area (Å²) in [5.41, 5.74) is 3.00. The van der Waals surface area contributed by atoms with Crippen LogP contribution >= 0.6 is 27.5 Å². The van der Waals surface area contributed by atoms with Crippen molar-refractivity contribution in [1.82, 2.24) is 4.98 Å². The van der Waals surface area contributed by atoms with Crippen LogP contribution in [0.2, 0.25) is 5.02 Å². The SMILES string of the molecule is CC(C)(C)Nc1nc2ccccc2c(Br)c1-c1ccc(Cl)cc1. The summed E-state index contributed by atoms with van der Waals surface area (Å²) < 4.78 is 1.04. The van der Waals surface area contributed by atoms with Crippen molar-refractivity contribution >= 4 is 44.3 Å². The highest BCUT2D eigenvalue weighted by molar-refractivity contribution is 9.10. The largest absolute Gasteiger partial charge is 0.365 e. The molecule has 0 radical (unpaired) electrons. The molecule has 0 atom stereocenters. The fourth-order valence-electron chi connectivity index (χ4n) is 2.50. The highest BCUT2D eigenvalue weighted by Gasteiger charge is 2.19. The molecule has 0 amide bonds. The standard InChI is InChI=1S/C19H18BrClN2/c1-19(2,3)23-18-16(12-8-10-13(21)11-9-12)17(20)14-6-4-5-7-15(14)22-18/h4-11H,1-3H3,(H,22,23). The molecule has 23 heavy (non-hydrogen) atoms. The summed E-state index contributed by atoms with van der Waals surface area (Å²) in [4.78, 5) is 4.85. The topological polar surface area (TPSA) is 24.9 Å². The Balaban J connectivity index is 2.29. The van der Waals surface area contributed by atoms with Crippen molar-refractivity contribution in [2.24, 2.45) is 0 Å². The molecule has 118 valence electrons. The molecule has 0 aliphatic heterocycles. The maximum atomic E-state index is 6.04. The maximum Gasteiger partial charge on any atom is 0.136 e. The van der Waals surface area contributed by atoms with E-state index >= 15 is 0 Å². The zero-order valence-corrected chi connectivity index (χ0v) is 15.7. The number of hydrogen-bond donors (Lipinski definition) is 1. The lowest BCUT2D eigenvalue weighted by atomic mass is 10.0. The summed E-state index contributed by atoms with van der Waals surface area (Å²) >= 11 is 9.82. The molecule has 1 heterocycles. The molecule has 1 aromatic heterocycles. The van der Waals surface area contributed by atoms with Crippen LogP contribution in [0.25, 0.3) is 22.0 Å². The van der Waals surface area contributed by atoms with Gasteiger partial charge in [-0.25, -0.2) is 4.98 Å². The number of para-hydroxylation sites is 1. The maximum absolute atomic E-state index is 6.04. The molecule has 0 aliphatic carbocycles. The number of fused-ring (bicyclic) bond motifs is 1. The van der Waals surface area contributed by atoms with E-state index in [2.05, 4.69) is 48.1 Å². The second-order valence-corrected chi connectivity index (χ2v) is 7.78. The zero-order chi connectivity index (χ0) is 16.6. The average Bonchev–Trinajstić information content (AvgIpc) is 2.47. The molecule has 2 nitrogen and oxygen atoms in total. The van der Waals surface area contributed by atoms with Gasteiger partial charge >= 0.3 is 0 Å². The van der Waals surface area contributed by atoms with Crippen LogP contribution in [0, 0.1) is 0 Å². The minimum Gasteiger partial charge on any atom is -0.365 e. The predicted octanol–water partition coefficient (Wildman–Crippen LogP) is 6.53. The van der Waals surface area contributed by atoms with Crippen LogP contribution in [0.4, 0.5) is 5.82 Å². The van der Waals surface area contributed by atoms with E-state index in [1.165, 1.54) is 0 Å². The molecule has 0 unspecified atom stereocenters. The van der Waals surface area contributed by atoms with Crippen molar-refractivity contribution < 1.29 is 0 Å². The number of aromatic nitrogens is 1. The number of nitrogens with one attached hydrogen (secondary N) is 1. The molecular weight excluding hydrogens is 372 g/mol. The van der Waals surface area contributed by atoms with Crippen molar-refractivity contribution in [2.75, 3.05) is 5.32 Å². The Morgan fingerprint density at radius 3 is 2.30 bits per heavy atom. The molecule has 0 spiro atoms. The molecule has 0 bridgehead atoms. The molecule has 0 saturated heterocycles. The van der Waals surface area contributed by atoms with Crippen LogP contribution in [0.15, 0.2) is 53.0 Å². The number of pyridine rings is 1. The Kier molecular flexibility index (Phi) is 4.35. The van der Waals surface area contributed by atoms with Crippen LogP contribution in [-0.2, 0) is 0 Å². The van der Waals surface area contributed by atoms with E-state index in [1.54, 1.807) is 0 Å². The summed E-state index contributed by atoms with van der Waals surface area (Å²) in [5, 5.41) is 5.34. The lowest BCUT2D eigenvalue weighted by Gasteiger charge is -2.24. The molecule has 0 aliphatic rings. The molecule has 1 N–H and O–H groups in total. The number of anilines is 1. The average molecular weight is 390 g/mol. The van der Waals surface area contributed by atoms with E-state index in [1.807, 2.05) is 42.5 Å². The van der Waals surface area contributed by atoms with Crippen molar-refractivity contribution in [3.8, 4) is 11.1 Å². The molecule has 4 heteroatoms. The smallest absolute Gasteiger partial charge is 0.136 e. The molecule has 0 fully saturated rings. The van der Waals surface area contributed by atoms with E-state index < -0.39 is 0 Å². The second kappa shape index (κ2) is 6.14. The molecule has 3 aromatic rings. The first-order valence-corrected chi connectivity index (χ1v) is 8.64. The van der Waals surface area contributed by atoms with Gasteiger partial charge in [0, 0.05) is 26.0 Å². The van der Waals surface area contributed by atoms with Gasteiger partial charge in [-0.15, -0.1) is 0 Å². The Bertz CT molecular complexity index is 852. The van der Waals surface area contributed by atoms with Gasteiger partial charge in [-0.3, -0.25) is 0 Å². The monoisotopic (exact) mass is 388 g/mol. The molecule has 0 saturated carbocycles. The quantitative estimate of drug-likeness (QED) is 0.539. The van der Waals surface area contributed by atoms with Gasteiger partial charge in [-0.2, -0.15) is 0 Å². The number of hydrogen-bond acceptors (Lipinski definition) is 2. The Morgan fingerprint density at radius 2 is 1.65 bits per heavy atom. The Hall–Kier alpha value is -1.58. The number of rotatable bonds is 2. The van der Waals surface area contributed by atoms with Gasteiger partial charge in [0.1, 0.15) is 5.82 Å². The van der Waals surface area contributed by atoms with Crippen LogP contribution in [0.5, 0.6) is 0 Å². The van der Waals surface area contributed by atoms with E-state index in [9.17, 15) is 0 Å². The van der Waals surface area contributed by atoms with Gasteiger partial charge in [0.2, 0.25) is 0 Å². The van der Waals surface area contributed by atoms with Crippen molar-refractivity contribution in [3.63, 3.8) is 0 Å². The molecular formula is C19H18BrClN2. The first kappa shape index (κ1) is 16.3. The highest BCUT2D eigenvalue weighted by atomic mass is 79.9. The lowest BCUT2D eigenvalue weighted by molar-refractivity contribution is 0.631. The van der Waals surface area contributed by atoms with Crippen LogP contribution < -0.4 is 5.32 Å². The van der Waals surface area contributed by atoms with Crippen molar-refractivity contribution in [3.05, 3.63) is 58.0 Å². The van der Waals surface area contributed by atoms with Gasteiger partial charge < -0.3 is 5.32 Å². The van der Waals surface area contributed by atoms with E-state index in [0.717, 1.165) is 37.3 Å². The third-order valence-electron chi connectivity index (χ3n) is 3.46. The highest BCUT2D eigenvalue weighted by Crippen LogP contribution is 2.39. The minimum absolute atomic E-state index is 0.0872. The minimum atomic E-state index is -0.0872. The number of halogens is 2. The van der Waals surface area contributed by atoms with E-state index in [4.69, 9.17) is 16.6 Å². The Morgan fingerprint density at radius 1 is 1.00 bits per heavy atom. The van der Waals surface area contributed by atoms with Crippen LogP contribution in [0.3, 0.4) is 0 Å². The lowest BCUT2D eigenvalue weighted by Crippen LogP contribution is -2.27. The van der Waals surface area contributed by atoms with Gasteiger partial charge in [0.15, 0.2) is 0 Å². The summed E-state index contributed by atoms with van der Waals surface area (Å²) in [6.45, 7) is 6.39. The van der Waals surface area contributed by atoms with E-state index in [0.29, 0.717) is 0 Å². The van der Waals surface area contributed by atoms with Crippen molar-refractivity contribution in [2.45, 2.75) is 26.3 Å². The fourth-order valence-corrected chi connectivity index (χ4v) is 3.38. The zero-order valence-electron chi connectivity index (χ0n) is 13.3. The first-order valence-electron chi connectivity index (χ1n) is 7.47. The molecule has 3 rings (SSSR count). The van der Waals surface area contributed by atoms with Crippen LogP contribution in [0.1, 0.15) is 20.8 Å². The predicted molar refractivity (Wildman–Crippen MR) is 103 cm³/mol. The summed E-state index contributed by atoms with van der Waals surface area (Å²) in [7, 11) is 0. The van der Waals surface area contributed by atoms with Gasteiger partial charge in [-0.1, -0.05) is 41.9 Å². The molecule has 2 aromatic carbocycles. The third kappa shape index (κ3) is 3.51. The summed E-state index contributed by atoms with van der Waals surface area (Å²) in [5.74, 6) is 0.866. The number of benzene rings is 2. The normalized spacial score (nSPS) is 11.7. The fraction of sp³-hybridized carbons (Fsp3) is 0.211. The van der Waals surface area contributed by atoms with Gasteiger partial charge in [0.05, 0.1) is 5.52 Å². The Labute approximate surface area is 150 Å². The van der Waals surface area contributed by atoms with Gasteiger partial charge in [-0.05, 0) is 60.5 Å². The first-order chi connectivity index (χ1) is 10.8. The second-order valence-electron chi connectivity index (χ2n) is 6.55. The summed E-state index contributed by atoms with van der Waals surface area (Å²) in [6.07, 6.45) is 0. The van der Waals surface area contributed by atoms with E-state index in [-0.39, 0.29) is 5.54 Å². The third-order valence-corrected chi connectivity index (χ3v) is 4.53. The van der Waals surface area contributed by atoms with Crippen molar-refractivity contribution in [1.29, 1.82) is 0 Å². The van der Waals surface area contributed by atoms with Gasteiger partial charge in [0.25, 0.3) is 0 Å². The van der Waals surface area contributed by atoms with Crippen LogP contribution in [-0.4, -0.2) is 10.5 Å².